The lowest BCUT2D eigenvalue weighted by molar-refractivity contribution is -0.132. The zero-order chi connectivity index (χ0) is 7.56. The largest absolute Gasteiger partial charge is 0.424 e. The third-order valence-electron chi connectivity index (χ3n) is 1.17. The van der Waals surface area contributed by atoms with Crippen molar-refractivity contribution >= 4 is 5.97 Å². The van der Waals surface area contributed by atoms with Crippen molar-refractivity contribution in [1.29, 1.82) is 0 Å². The van der Waals surface area contributed by atoms with Gasteiger partial charge in [-0.05, 0) is 0 Å². The first-order valence-electron chi connectivity index (χ1n) is 2.84. The molecule has 3 heteroatoms. The first-order chi connectivity index (χ1) is 4.74. The molecular weight excluding hydrogens is 132 g/mol. The molecule has 0 unspecified atom stereocenters. The monoisotopic (exact) mass is 140 g/mol. The highest BCUT2D eigenvalue weighted by Gasteiger charge is 2.16. The average molecular weight is 140 g/mol. The number of carbonyl (C=O) groups excluding carboxylic acids is 1. The normalized spacial score (nSPS) is 17.1. The number of methoxy groups -OCH3 is 1. The number of cyclic esters (lactones) is 1. The van der Waals surface area contributed by atoms with E-state index in [0.29, 0.717) is 17.9 Å². The van der Waals surface area contributed by atoms with E-state index in [1.807, 2.05) is 0 Å². The van der Waals surface area contributed by atoms with Crippen LogP contribution >= 0.6 is 0 Å². The molecule has 1 rings (SSSR count). The van der Waals surface area contributed by atoms with Crippen molar-refractivity contribution in [2.75, 3.05) is 13.7 Å². The molecule has 1 heterocycles. The number of ether oxygens (including phenoxy) is 2. The summed E-state index contributed by atoms with van der Waals surface area (Å²) in [6.45, 7) is 3.89. The third-order valence-corrected chi connectivity index (χ3v) is 1.17. The average Bonchev–Trinajstić information content (AvgIpc) is 2.13. The van der Waals surface area contributed by atoms with Crippen molar-refractivity contribution in [2.45, 2.75) is 0 Å². The Bertz CT molecular complexity index is 203. The number of carbonyl (C=O) groups is 1. The van der Waals surface area contributed by atoms with Crippen LogP contribution in [-0.2, 0) is 14.3 Å². The van der Waals surface area contributed by atoms with Crippen molar-refractivity contribution in [3.05, 3.63) is 24.0 Å². The van der Waals surface area contributed by atoms with Gasteiger partial charge in [-0.1, -0.05) is 6.58 Å². The van der Waals surface area contributed by atoms with Gasteiger partial charge >= 0.3 is 5.97 Å². The second-order valence-electron chi connectivity index (χ2n) is 1.95. The van der Waals surface area contributed by atoms with Crippen molar-refractivity contribution in [2.24, 2.45) is 0 Å². The van der Waals surface area contributed by atoms with E-state index in [9.17, 15) is 4.79 Å². The van der Waals surface area contributed by atoms with Crippen LogP contribution in [0.4, 0.5) is 0 Å². The number of hydrogen-bond donors (Lipinski definition) is 0. The highest BCUT2D eigenvalue weighted by Crippen LogP contribution is 2.16. The fraction of sp³-hybridized carbons (Fsp3) is 0.286. The van der Waals surface area contributed by atoms with Gasteiger partial charge in [0.05, 0.1) is 6.61 Å². The van der Waals surface area contributed by atoms with Gasteiger partial charge < -0.3 is 9.47 Å². The van der Waals surface area contributed by atoms with Gasteiger partial charge in [-0.3, -0.25) is 0 Å². The van der Waals surface area contributed by atoms with Crippen molar-refractivity contribution in [3.63, 3.8) is 0 Å². The molecule has 0 saturated carbocycles. The zero-order valence-corrected chi connectivity index (χ0v) is 5.72. The molecule has 10 heavy (non-hydrogen) atoms. The SMILES string of the molecule is C=C1OC(=O)C=C1COC. The molecule has 0 aromatic carbocycles. The molecule has 0 radical (unpaired) electrons. The van der Waals surface area contributed by atoms with Gasteiger partial charge in [0.15, 0.2) is 0 Å². The Labute approximate surface area is 58.9 Å². The molecule has 0 fully saturated rings. The van der Waals surface area contributed by atoms with Crippen molar-refractivity contribution in [1.82, 2.24) is 0 Å². The Morgan fingerprint density at radius 1 is 1.80 bits per heavy atom. The van der Waals surface area contributed by atoms with E-state index in [4.69, 9.17) is 4.74 Å². The van der Waals surface area contributed by atoms with E-state index in [2.05, 4.69) is 11.3 Å². The van der Waals surface area contributed by atoms with Crippen LogP contribution in [0.5, 0.6) is 0 Å². The Morgan fingerprint density at radius 2 is 2.50 bits per heavy atom. The first kappa shape index (κ1) is 7.02. The van der Waals surface area contributed by atoms with E-state index in [-0.39, 0.29) is 5.97 Å². The van der Waals surface area contributed by atoms with Gasteiger partial charge in [0, 0.05) is 18.8 Å². The maximum absolute atomic E-state index is 10.5. The van der Waals surface area contributed by atoms with Crippen LogP contribution in [0.25, 0.3) is 0 Å². The zero-order valence-electron chi connectivity index (χ0n) is 5.72. The number of hydrogen-bond acceptors (Lipinski definition) is 3. The summed E-state index contributed by atoms with van der Waals surface area (Å²) in [5.74, 6) is 0.0314. The smallest absolute Gasteiger partial charge is 0.336 e. The summed E-state index contributed by atoms with van der Waals surface area (Å²) < 4.78 is 9.40. The van der Waals surface area contributed by atoms with Gasteiger partial charge in [-0.25, -0.2) is 4.79 Å². The predicted octanol–water partition coefficient (Wildman–Crippen LogP) is 0.630. The summed E-state index contributed by atoms with van der Waals surface area (Å²) in [6.07, 6.45) is 1.38. The Hall–Kier alpha value is -1.09. The lowest BCUT2D eigenvalue weighted by Crippen LogP contribution is -1.93. The molecule has 3 nitrogen and oxygen atoms in total. The minimum absolute atomic E-state index is 0.364. The topological polar surface area (TPSA) is 35.5 Å². The van der Waals surface area contributed by atoms with E-state index < -0.39 is 0 Å². The van der Waals surface area contributed by atoms with Gasteiger partial charge in [0.2, 0.25) is 0 Å². The van der Waals surface area contributed by atoms with Gasteiger partial charge in [-0.15, -0.1) is 0 Å². The Kier molecular flexibility index (Phi) is 1.87. The van der Waals surface area contributed by atoms with Gasteiger partial charge in [-0.2, -0.15) is 0 Å². The molecule has 1 aliphatic heterocycles. The Morgan fingerprint density at radius 3 is 2.90 bits per heavy atom. The summed E-state index contributed by atoms with van der Waals surface area (Å²) in [7, 11) is 1.55. The molecule has 0 aromatic rings. The molecule has 0 aliphatic carbocycles. The van der Waals surface area contributed by atoms with Crippen LogP contribution in [0.1, 0.15) is 0 Å². The fourth-order valence-corrected chi connectivity index (χ4v) is 0.717. The molecule has 1 aliphatic rings. The predicted molar refractivity (Wildman–Crippen MR) is 35.2 cm³/mol. The summed E-state index contributed by atoms with van der Waals surface area (Å²) in [4.78, 5) is 10.5. The quantitative estimate of drug-likeness (QED) is 0.528. The standard InChI is InChI=1S/C7H8O3/c1-5-6(4-9-2)3-7(8)10-5/h3H,1,4H2,2H3. The van der Waals surface area contributed by atoms with Crippen LogP contribution in [-0.4, -0.2) is 19.7 Å². The van der Waals surface area contributed by atoms with Gasteiger partial charge in [0.25, 0.3) is 0 Å². The molecule has 0 aromatic heterocycles. The highest BCUT2D eigenvalue weighted by atomic mass is 16.5. The van der Waals surface area contributed by atoms with E-state index in [1.54, 1.807) is 7.11 Å². The maximum Gasteiger partial charge on any atom is 0.336 e. The molecular formula is C7H8O3. The Balaban J connectivity index is 2.65. The van der Waals surface area contributed by atoms with E-state index in [0.717, 1.165) is 0 Å². The van der Waals surface area contributed by atoms with E-state index in [1.165, 1.54) is 6.08 Å². The van der Waals surface area contributed by atoms with Crippen LogP contribution in [0.2, 0.25) is 0 Å². The summed E-state index contributed by atoms with van der Waals surface area (Å²) >= 11 is 0. The minimum Gasteiger partial charge on any atom is -0.424 e. The van der Waals surface area contributed by atoms with E-state index >= 15 is 0 Å². The molecule has 0 saturated heterocycles. The summed E-state index contributed by atoms with van der Waals surface area (Å²) in [5.41, 5.74) is 0.715. The number of rotatable bonds is 2. The van der Waals surface area contributed by atoms with Crippen LogP contribution in [0, 0.1) is 0 Å². The van der Waals surface area contributed by atoms with Crippen LogP contribution in [0.3, 0.4) is 0 Å². The maximum atomic E-state index is 10.5. The summed E-state index contributed by atoms with van der Waals surface area (Å²) in [5, 5.41) is 0. The number of esters is 1. The van der Waals surface area contributed by atoms with Crippen LogP contribution in [0.15, 0.2) is 24.0 Å². The second kappa shape index (κ2) is 2.66. The molecule has 54 valence electrons. The van der Waals surface area contributed by atoms with Gasteiger partial charge in [0.1, 0.15) is 5.76 Å². The minimum atomic E-state index is -0.364. The van der Waals surface area contributed by atoms with Crippen LogP contribution < -0.4 is 0 Å². The lowest BCUT2D eigenvalue weighted by atomic mass is 10.2. The second-order valence-corrected chi connectivity index (χ2v) is 1.95. The third kappa shape index (κ3) is 1.25. The molecule has 0 atom stereocenters. The molecule has 0 N–H and O–H groups in total. The van der Waals surface area contributed by atoms with Crippen molar-refractivity contribution in [3.8, 4) is 0 Å². The van der Waals surface area contributed by atoms with Crippen molar-refractivity contribution < 1.29 is 14.3 Å². The first-order valence-corrected chi connectivity index (χ1v) is 2.84. The molecule has 0 amide bonds. The lowest BCUT2D eigenvalue weighted by Gasteiger charge is -1.98. The fourth-order valence-electron chi connectivity index (χ4n) is 0.717. The highest BCUT2D eigenvalue weighted by molar-refractivity contribution is 5.88. The summed E-state index contributed by atoms with van der Waals surface area (Å²) in [6, 6.07) is 0. The molecule has 0 bridgehead atoms. The molecule has 0 spiro atoms.